The molecule has 1 atom stereocenters. The smallest absolute Gasteiger partial charge is 0.296 e. The Balaban J connectivity index is 1.43. The standard InChI is InChI=1S/C31H24ClN3O7S2/c1-39-22-13-18(14-23(40-2)28(22)41-3)25-24(26(36)21-12-17-6-4-5-7-20(17)42-21)27(37)29(38)35(25)30-33-34-31(44-30)43-15-16-8-10-19(32)11-9-16/h4-14,25,37H,15H2,1-3H3. The summed E-state index contributed by atoms with van der Waals surface area (Å²) in [6.07, 6.45) is 0. The number of fused-ring (bicyclic) bond motifs is 1. The molecule has 0 radical (unpaired) electrons. The molecule has 6 rings (SSSR count). The van der Waals surface area contributed by atoms with E-state index in [4.69, 9.17) is 30.2 Å². The topological polar surface area (TPSA) is 124 Å². The van der Waals surface area contributed by atoms with Crippen molar-refractivity contribution in [2.75, 3.05) is 26.2 Å². The number of amides is 1. The molecule has 0 bridgehead atoms. The molecule has 224 valence electrons. The first kappa shape index (κ1) is 29.5. The van der Waals surface area contributed by atoms with Crippen LogP contribution in [-0.2, 0) is 10.5 Å². The number of furan rings is 1. The molecule has 1 unspecified atom stereocenters. The van der Waals surface area contributed by atoms with Gasteiger partial charge in [0.2, 0.25) is 16.7 Å². The van der Waals surface area contributed by atoms with Crippen molar-refractivity contribution in [1.29, 1.82) is 0 Å². The number of ether oxygens (including phenoxy) is 3. The number of ketones is 1. The third-order valence-corrected chi connectivity index (χ3v) is 9.36. The summed E-state index contributed by atoms with van der Waals surface area (Å²) in [6.45, 7) is 0. The molecule has 0 aliphatic carbocycles. The molecular formula is C31H24ClN3O7S2. The Kier molecular flexibility index (Phi) is 8.21. The molecule has 0 spiro atoms. The molecular weight excluding hydrogens is 626 g/mol. The van der Waals surface area contributed by atoms with Gasteiger partial charge in [0.15, 0.2) is 27.4 Å². The molecule has 1 aliphatic heterocycles. The van der Waals surface area contributed by atoms with E-state index in [0.717, 1.165) is 16.9 Å². The van der Waals surface area contributed by atoms with E-state index in [1.165, 1.54) is 38.0 Å². The molecule has 1 amide bonds. The zero-order valence-corrected chi connectivity index (χ0v) is 26.0. The van der Waals surface area contributed by atoms with Gasteiger partial charge in [0.25, 0.3) is 5.91 Å². The fourth-order valence-corrected chi connectivity index (χ4v) is 6.87. The highest BCUT2D eigenvalue weighted by Crippen LogP contribution is 2.48. The van der Waals surface area contributed by atoms with Gasteiger partial charge in [0, 0.05) is 16.2 Å². The average molecular weight is 650 g/mol. The molecule has 0 fully saturated rings. The largest absolute Gasteiger partial charge is 0.503 e. The number of Topliss-reactive ketones (excluding diaryl/α,β-unsaturated/α-hetero) is 1. The van der Waals surface area contributed by atoms with Crippen molar-refractivity contribution in [1.82, 2.24) is 10.2 Å². The number of benzene rings is 3. The average Bonchev–Trinajstić information content (AvgIpc) is 3.76. The number of para-hydroxylation sites is 1. The Morgan fingerprint density at radius 3 is 2.39 bits per heavy atom. The molecule has 3 heterocycles. The van der Waals surface area contributed by atoms with Gasteiger partial charge in [-0.2, -0.15) is 0 Å². The van der Waals surface area contributed by atoms with E-state index in [9.17, 15) is 14.7 Å². The van der Waals surface area contributed by atoms with Crippen LogP contribution in [0.2, 0.25) is 5.02 Å². The normalized spacial score (nSPS) is 14.9. The highest BCUT2D eigenvalue weighted by molar-refractivity contribution is 8.00. The van der Waals surface area contributed by atoms with Crippen LogP contribution in [0, 0.1) is 0 Å². The molecule has 1 N–H and O–H groups in total. The highest BCUT2D eigenvalue weighted by atomic mass is 35.5. The van der Waals surface area contributed by atoms with Gasteiger partial charge in [0.05, 0.1) is 32.9 Å². The van der Waals surface area contributed by atoms with Crippen LogP contribution in [0.1, 0.15) is 27.7 Å². The monoisotopic (exact) mass is 649 g/mol. The number of aromatic nitrogens is 2. The van der Waals surface area contributed by atoms with Gasteiger partial charge in [-0.05, 0) is 47.5 Å². The number of hydrogen-bond donors (Lipinski definition) is 1. The van der Waals surface area contributed by atoms with E-state index in [0.29, 0.717) is 48.9 Å². The molecule has 13 heteroatoms. The third kappa shape index (κ3) is 5.36. The molecule has 10 nitrogen and oxygen atoms in total. The maximum absolute atomic E-state index is 14.0. The van der Waals surface area contributed by atoms with Crippen molar-refractivity contribution in [3.05, 3.63) is 100.0 Å². The lowest BCUT2D eigenvalue weighted by Crippen LogP contribution is -2.31. The predicted molar refractivity (Wildman–Crippen MR) is 167 cm³/mol. The quantitative estimate of drug-likeness (QED) is 0.0957. The minimum Gasteiger partial charge on any atom is -0.503 e. The third-order valence-electron chi connectivity index (χ3n) is 6.98. The van der Waals surface area contributed by atoms with Crippen molar-refractivity contribution in [3.8, 4) is 17.2 Å². The number of anilines is 1. The molecule has 0 saturated carbocycles. The number of methoxy groups -OCH3 is 3. The van der Waals surface area contributed by atoms with E-state index >= 15 is 0 Å². The van der Waals surface area contributed by atoms with Crippen LogP contribution in [0.15, 0.2) is 86.8 Å². The first-order valence-electron chi connectivity index (χ1n) is 13.1. The summed E-state index contributed by atoms with van der Waals surface area (Å²) >= 11 is 8.59. The maximum Gasteiger partial charge on any atom is 0.296 e. The Hall–Kier alpha value is -4.52. The Morgan fingerprint density at radius 1 is 1.02 bits per heavy atom. The van der Waals surface area contributed by atoms with Crippen LogP contribution in [0.5, 0.6) is 17.2 Å². The summed E-state index contributed by atoms with van der Waals surface area (Å²) in [7, 11) is 4.39. The van der Waals surface area contributed by atoms with Crippen LogP contribution in [0.4, 0.5) is 5.13 Å². The Labute approximate surface area is 264 Å². The molecule has 3 aromatic carbocycles. The fourth-order valence-electron chi connectivity index (χ4n) is 4.92. The van der Waals surface area contributed by atoms with Gasteiger partial charge >= 0.3 is 0 Å². The van der Waals surface area contributed by atoms with E-state index in [1.807, 2.05) is 30.3 Å². The second-order valence-electron chi connectivity index (χ2n) is 9.54. The molecule has 44 heavy (non-hydrogen) atoms. The molecule has 5 aromatic rings. The van der Waals surface area contributed by atoms with Crippen molar-refractivity contribution < 1.29 is 33.3 Å². The number of aliphatic hydroxyl groups is 1. The van der Waals surface area contributed by atoms with Gasteiger partial charge in [-0.15, -0.1) is 10.2 Å². The van der Waals surface area contributed by atoms with E-state index in [-0.39, 0.29) is 16.5 Å². The Morgan fingerprint density at radius 2 is 1.73 bits per heavy atom. The number of hydrogen-bond acceptors (Lipinski definition) is 11. The van der Waals surface area contributed by atoms with Gasteiger partial charge < -0.3 is 23.7 Å². The van der Waals surface area contributed by atoms with Gasteiger partial charge in [-0.3, -0.25) is 14.5 Å². The zero-order valence-electron chi connectivity index (χ0n) is 23.6. The summed E-state index contributed by atoms with van der Waals surface area (Å²) in [5.74, 6) is -0.708. The lowest BCUT2D eigenvalue weighted by Gasteiger charge is -2.25. The number of carbonyl (C=O) groups is 2. The van der Waals surface area contributed by atoms with Gasteiger partial charge in [-0.25, -0.2) is 0 Å². The summed E-state index contributed by atoms with van der Waals surface area (Å²) in [4.78, 5) is 29.0. The number of halogens is 1. The van der Waals surface area contributed by atoms with E-state index < -0.39 is 23.5 Å². The van der Waals surface area contributed by atoms with Crippen LogP contribution in [-0.4, -0.2) is 48.3 Å². The molecule has 1 aliphatic rings. The van der Waals surface area contributed by atoms with Crippen LogP contribution >= 0.6 is 34.7 Å². The van der Waals surface area contributed by atoms with Crippen molar-refractivity contribution >= 4 is 62.5 Å². The summed E-state index contributed by atoms with van der Waals surface area (Å²) < 4.78 is 23.0. The minimum absolute atomic E-state index is 0.0312. The van der Waals surface area contributed by atoms with Crippen LogP contribution in [0.3, 0.4) is 0 Å². The molecule has 2 aromatic heterocycles. The van der Waals surface area contributed by atoms with Crippen LogP contribution < -0.4 is 19.1 Å². The second-order valence-corrected chi connectivity index (χ2v) is 12.2. The lowest BCUT2D eigenvalue weighted by molar-refractivity contribution is -0.117. The Bertz CT molecular complexity index is 1860. The fraction of sp³-hybridized carbons (Fsp3) is 0.161. The second kappa shape index (κ2) is 12.2. The number of carbonyl (C=O) groups excluding carboxylic acids is 2. The van der Waals surface area contributed by atoms with E-state index in [1.54, 1.807) is 36.4 Å². The van der Waals surface area contributed by atoms with Crippen molar-refractivity contribution in [3.63, 3.8) is 0 Å². The number of aliphatic hydroxyl groups excluding tert-OH is 1. The van der Waals surface area contributed by atoms with Gasteiger partial charge in [-0.1, -0.05) is 65.0 Å². The van der Waals surface area contributed by atoms with Crippen LogP contribution in [0.25, 0.3) is 11.0 Å². The first-order valence-corrected chi connectivity index (χ1v) is 15.3. The van der Waals surface area contributed by atoms with E-state index in [2.05, 4.69) is 10.2 Å². The highest BCUT2D eigenvalue weighted by Gasteiger charge is 2.47. The number of thioether (sulfide) groups is 1. The summed E-state index contributed by atoms with van der Waals surface area (Å²) in [6, 6.07) is 18.3. The van der Waals surface area contributed by atoms with Crippen molar-refractivity contribution in [2.45, 2.75) is 16.1 Å². The van der Waals surface area contributed by atoms with Crippen molar-refractivity contribution in [2.24, 2.45) is 0 Å². The number of nitrogens with zero attached hydrogens (tertiary/aromatic N) is 3. The SMILES string of the molecule is COc1cc(C2C(C(=O)c3cc4ccccc4o3)=C(O)C(=O)N2c2nnc(SCc3ccc(Cl)cc3)s2)cc(OC)c1OC. The zero-order chi connectivity index (χ0) is 31.0. The number of rotatable bonds is 10. The first-order chi connectivity index (χ1) is 21.3. The summed E-state index contributed by atoms with van der Waals surface area (Å²) in [5.41, 5.74) is 1.74. The molecule has 0 saturated heterocycles. The lowest BCUT2D eigenvalue weighted by atomic mass is 9.94. The minimum atomic E-state index is -1.13. The predicted octanol–water partition coefficient (Wildman–Crippen LogP) is 7.04. The maximum atomic E-state index is 14.0. The summed E-state index contributed by atoms with van der Waals surface area (Å²) in [5, 5.41) is 21.3. The van der Waals surface area contributed by atoms with Gasteiger partial charge in [0.1, 0.15) is 5.58 Å².